The van der Waals surface area contributed by atoms with Gasteiger partial charge in [-0.3, -0.25) is 0 Å². The second kappa shape index (κ2) is 7.08. The lowest BCUT2D eigenvalue weighted by Crippen LogP contribution is -2.18. The minimum absolute atomic E-state index is 0.837. The Balaban J connectivity index is 1.71. The molecule has 0 unspecified atom stereocenters. The molecule has 102 valence electrons. The predicted octanol–water partition coefficient (Wildman–Crippen LogP) is 4.16. The Morgan fingerprint density at radius 1 is 1.26 bits per heavy atom. The van der Waals surface area contributed by atoms with Crippen LogP contribution in [0.25, 0.3) is 0 Å². The van der Waals surface area contributed by atoms with Crippen LogP contribution in [0.15, 0.2) is 40.2 Å². The van der Waals surface area contributed by atoms with Gasteiger partial charge in [0.1, 0.15) is 0 Å². The fourth-order valence-electron chi connectivity index (χ4n) is 2.02. The smallest absolute Gasteiger partial charge is 0.0325 e. The third-order valence-corrected chi connectivity index (χ3v) is 4.71. The molecule has 0 aliphatic carbocycles. The average molecular weight is 339 g/mol. The SMILES string of the molecule is CN(CCCc1ccc(N)cc1)Cc1cc(Br)cs1. The average Bonchev–Trinajstić information content (AvgIpc) is 2.77. The molecule has 0 aliphatic rings. The van der Waals surface area contributed by atoms with Crippen LogP contribution in [-0.4, -0.2) is 18.5 Å². The van der Waals surface area contributed by atoms with Crippen LogP contribution >= 0.6 is 27.3 Å². The number of hydrogen-bond donors (Lipinski definition) is 1. The Morgan fingerprint density at radius 2 is 2.00 bits per heavy atom. The maximum Gasteiger partial charge on any atom is 0.0325 e. The zero-order valence-corrected chi connectivity index (χ0v) is 13.5. The van der Waals surface area contributed by atoms with Crippen molar-refractivity contribution in [1.82, 2.24) is 4.90 Å². The molecule has 4 heteroatoms. The van der Waals surface area contributed by atoms with E-state index in [0.29, 0.717) is 0 Å². The number of anilines is 1. The molecular formula is C15H19BrN2S. The molecule has 1 aromatic carbocycles. The summed E-state index contributed by atoms with van der Waals surface area (Å²) in [6, 6.07) is 10.4. The standard InChI is InChI=1S/C15H19BrN2S/c1-18(10-15-9-13(16)11-19-15)8-2-3-12-4-6-14(17)7-5-12/h4-7,9,11H,2-3,8,10,17H2,1H3. The molecular weight excluding hydrogens is 320 g/mol. The van der Waals surface area contributed by atoms with Gasteiger partial charge in [-0.15, -0.1) is 11.3 Å². The maximum absolute atomic E-state index is 5.68. The molecule has 0 aliphatic heterocycles. The Kier molecular flexibility index (Phi) is 5.43. The highest BCUT2D eigenvalue weighted by molar-refractivity contribution is 9.10. The molecule has 1 aromatic heterocycles. The monoisotopic (exact) mass is 338 g/mol. The van der Waals surface area contributed by atoms with Gasteiger partial charge in [0, 0.05) is 27.0 Å². The molecule has 0 saturated heterocycles. The minimum atomic E-state index is 0.837. The van der Waals surface area contributed by atoms with E-state index in [4.69, 9.17) is 5.73 Å². The van der Waals surface area contributed by atoms with Crippen molar-refractivity contribution < 1.29 is 0 Å². The first-order chi connectivity index (χ1) is 9.13. The van der Waals surface area contributed by atoms with Crippen molar-refractivity contribution >= 4 is 33.0 Å². The minimum Gasteiger partial charge on any atom is -0.399 e. The number of aryl methyl sites for hydroxylation is 1. The van der Waals surface area contributed by atoms with Crippen LogP contribution in [0.1, 0.15) is 16.9 Å². The van der Waals surface area contributed by atoms with E-state index in [9.17, 15) is 0 Å². The molecule has 2 aromatic rings. The zero-order chi connectivity index (χ0) is 13.7. The van der Waals surface area contributed by atoms with Gasteiger partial charge in [0.05, 0.1) is 0 Å². The summed E-state index contributed by atoms with van der Waals surface area (Å²) in [5.41, 5.74) is 7.88. The van der Waals surface area contributed by atoms with Crippen molar-refractivity contribution in [3.8, 4) is 0 Å². The van der Waals surface area contributed by atoms with Gasteiger partial charge in [0.2, 0.25) is 0 Å². The molecule has 2 nitrogen and oxygen atoms in total. The fraction of sp³-hybridized carbons (Fsp3) is 0.333. The van der Waals surface area contributed by atoms with Crippen LogP contribution in [0.4, 0.5) is 5.69 Å². The van der Waals surface area contributed by atoms with Crippen molar-refractivity contribution in [1.29, 1.82) is 0 Å². The first-order valence-corrected chi connectivity index (χ1v) is 8.06. The molecule has 0 saturated carbocycles. The largest absolute Gasteiger partial charge is 0.399 e. The molecule has 19 heavy (non-hydrogen) atoms. The molecule has 0 fully saturated rings. The lowest BCUT2D eigenvalue weighted by atomic mass is 10.1. The van der Waals surface area contributed by atoms with E-state index in [0.717, 1.165) is 25.2 Å². The van der Waals surface area contributed by atoms with Gasteiger partial charge >= 0.3 is 0 Å². The van der Waals surface area contributed by atoms with Crippen molar-refractivity contribution in [2.45, 2.75) is 19.4 Å². The van der Waals surface area contributed by atoms with Crippen molar-refractivity contribution in [3.63, 3.8) is 0 Å². The van der Waals surface area contributed by atoms with Crippen molar-refractivity contribution in [2.24, 2.45) is 0 Å². The van der Waals surface area contributed by atoms with Crippen LogP contribution in [0, 0.1) is 0 Å². The molecule has 0 radical (unpaired) electrons. The van der Waals surface area contributed by atoms with Gasteiger partial charge in [0.25, 0.3) is 0 Å². The Bertz CT molecular complexity index is 507. The van der Waals surface area contributed by atoms with Gasteiger partial charge in [-0.25, -0.2) is 0 Å². The van der Waals surface area contributed by atoms with E-state index in [1.807, 2.05) is 12.1 Å². The van der Waals surface area contributed by atoms with E-state index < -0.39 is 0 Å². The van der Waals surface area contributed by atoms with E-state index in [-0.39, 0.29) is 0 Å². The second-order valence-corrected chi connectivity index (χ2v) is 6.73. The summed E-state index contributed by atoms with van der Waals surface area (Å²) in [4.78, 5) is 3.78. The van der Waals surface area contributed by atoms with Crippen molar-refractivity contribution in [3.05, 3.63) is 50.6 Å². The highest BCUT2D eigenvalue weighted by Crippen LogP contribution is 2.20. The molecule has 0 bridgehead atoms. The van der Waals surface area contributed by atoms with Crippen LogP contribution in [-0.2, 0) is 13.0 Å². The highest BCUT2D eigenvalue weighted by Gasteiger charge is 2.03. The summed E-state index contributed by atoms with van der Waals surface area (Å²) in [6.45, 7) is 2.14. The Labute approximate surface area is 127 Å². The number of benzene rings is 1. The summed E-state index contributed by atoms with van der Waals surface area (Å²) < 4.78 is 1.18. The topological polar surface area (TPSA) is 29.3 Å². The van der Waals surface area contributed by atoms with E-state index >= 15 is 0 Å². The number of hydrogen-bond acceptors (Lipinski definition) is 3. The number of nitrogens with zero attached hydrogens (tertiary/aromatic N) is 1. The van der Waals surface area contributed by atoms with E-state index in [2.05, 4.69) is 51.5 Å². The van der Waals surface area contributed by atoms with E-state index in [1.54, 1.807) is 11.3 Å². The van der Waals surface area contributed by atoms with E-state index in [1.165, 1.54) is 21.3 Å². The van der Waals surface area contributed by atoms with Crippen LogP contribution in [0.3, 0.4) is 0 Å². The molecule has 0 spiro atoms. The molecule has 0 atom stereocenters. The second-order valence-electron chi connectivity index (χ2n) is 4.81. The highest BCUT2D eigenvalue weighted by atomic mass is 79.9. The molecule has 1 heterocycles. The summed E-state index contributed by atoms with van der Waals surface area (Å²) in [5.74, 6) is 0. The van der Waals surface area contributed by atoms with Gasteiger partial charge in [0.15, 0.2) is 0 Å². The Morgan fingerprint density at radius 3 is 2.63 bits per heavy atom. The number of nitrogen functional groups attached to an aromatic ring is 1. The first-order valence-electron chi connectivity index (χ1n) is 6.39. The number of rotatable bonds is 6. The summed E-state index contributed by atoms with van der Waals surface area (Å²) >= 11 is 5.30. The molecule has 0 amide bonds. The third-order valence-electron chi connectivity index (χ3n) is 3.03. The van der Waals surface area contributed by atoms with Crippen molar-refractivity contribution in [2.75, 3.05) is 19.3 Å². The number of nitrogens with two attached hydrogens (primary N) is 1. The van der Waals surface area contributed by atoms with Gasteiger partial charge < -0.3 is 10.6 Å². The summed E-state index contributed by atoms with van der Waals surface area (Å²) in [6.07, 6.45) is 2.28. The number of halogens is 1. The summed E-state index contributed by atoms with van der Waals surface area (Å²) in [5, 5.41) is 2.14. The van der Waals surface area contributed by atoms with Crippen LogP contribution in [0.5, 0.6) is 0 Å². The zero-order valence-electron chi connectivity index (χ0n) is 11.1. The quantitative estimate of drug-likeness (QED) is 0.801. The lowest BCUT2D eigenvalue weighted by molar-refractivity contribution is 0.325. The number of thiophene rings is 1. The van der Waals surface area contributed by atoms with Gasteiger partial charge in [-0.05, 0) is 66.1 Å². The van der Waals surface area contributed by atoms with Crippen LogP contribution < -0.4 is 5.73 Å². The van der Waals surface area contributed by atoms with Gasteiger partial charge in [-0.1, -0.05) is 12.1 Å². The maximum atomic E-state index is 5.68. The normalized spacial score (nSPS) is 11.1. The molecule has 2 N–H and O–H groups in total. The molecule has 2 rings (SSSR count). The fourth-order valence-corrected chi connectivity index (χ4v) is 3.55. The predicted molar refractivity (Wildman–Crippen MR) is 87.5 cm³/mol. The first kappa shape index (κ1) is 14.6. The van der Waals surface area contributed by atoms with Gasteiger partial charge in [-0.2, -0.15) is 0 Å². The Hall–Kier alpha value is -0.840. The lowest BCUT2D eigenvalue weighted by Gasteiger charge is -2.15. The third kappa shape index (κ3) is 4.97. The van der Waals surface area contributed by atoms with Crippen LogP contribution in [0.2, 0.25) is 0 Å². The summed E-state index contributed by atoms with van der Waals surface area (Å²) in [7, 11) is 2.18.